The molecule has 156 valence electrons. The van der Waals surface area contributed by atoms with Crippen LogP contribution in [0.15, 0.2) is 77.7 Å². The molecule has 0 unspecified atom stereocenters. The molecule has 0 bridgehead atoms. The van der Waals surface area contributed by atoms with Crippen molar-refractivity contribution in [1.82, 2.24) is 5.32 Å². The third-order valence-corrected chi connectivity index (χ3v) is 6.60. The molecule has 0 heterocycles. The number of carbonyl (C=O) groups is 1. The maximum Gasteiger partial charge on any atom is 0.264 e. The Bertz CT molecular complexity index is 1130. The Hall–Kier alpha value is -3.03. The third kappa shape index (κ3) is 4.93. The van der Waals surface area contributed by atoms with Gasteiger partial charge < -0.3 is 10.1 Å². The number of hydrogen-bond donors (Lipinski definition) is 1. The van der Waals surface area contributed by atoms with Crippen LogP contribution in [0.25, 0.3) is 0 Å². The van der Waals surface area contributed by atoms with E-state index in [1.54, 1.807) is 31.4 Å². The molecular weight excluding hydrogens is 424 g/mol. The van der Waals surface area contributed by atoms with Crippen LogP contribution in [0.2, 0.25) is 5.02 Å². The summed E-state index contributed by atoms with van der Waals surface area (Å²) in [7, 11) is -0.686. The monoisotopic (exact) mass is 444 g/mol. The summed E-state index contributed by atoms with van der Waals surface area (Å²) in [4.78, 5) is 12.6. The lowest BCUT2D eigenvalue weighted by Gasteiger charge is -2.20. The molecule has 30 heavy (non-hydrogen) atoms. The predicted molar refractivity (Wildman–Crippen MR) is 118 cm³/mol. The van der Waals surface area contributed by atoms with Gasteiger partial charge in [0.05, 0.1) is 17.7 Å². The number of rotatable bonds is 7. The highest BCUT2D eigenvalue weighted by Gasteiger charge is 2.21. The lowest BCUT2D eigenvalue weighted by Crippen LogP contribution is -2.27. The SMILES string of the molecule is COc1cccc(CNC(=O)c2ccc(N(C)S(=O)(=O)c3ccc(Cl)cc3)cc2)c1. The van der Waals surface area contributed by atoms with E-state index in [1.165, 1.54) is 31.3 Å². The van der Waals surface area contributed by atoms with Crippen molar-refractivity contribution in [2.45, 2.75) is 11.4 Å². The first-order chi connectivity index (χ1) is 14.3. The summed E-state index contributed by atoms with van der Waals surface area (Å²) in [5.41, 5.74) is 1.78. The highest BCUT2D eigenvalue weighted by molar-refractivity contribution is 7.92. The molecule has 0 aliphatic carbocycles. The topological polar surface area (TPSA) is 75.7 Å². The van der Waals surface area contributed by atoms with Crippen LogP contribution >= 0.6 is 11.6 Å². The van der Waals surface area contributed by atoms with Gasteiger partial charge in [0.2, 0.25) is 0 Å². The number of hydrogen-bond acceptors (Lipinski definition) is 4. The minimum atomic E-state index is -3.73. The zero-order chi connectivity index (χ0) is 21.7. The molecule has 0 aliphatic heterocycles. The van der Waals surface area contributed by atoms with Gasteiger partial charge in [0, 0.05) is 24.2 Å². The van der Waals surface area contributed by atoms with Crippen LogP contribution in [0, 0.1) is 0 Å². The van der Waals surface area contributed by atoms with E-state index in [0.717, 1.165) is 15.6 Å². The van der Waals surface area contributed by atoms with Gasteiger partial charge in [0.25, 0.3) is 15.9 Å². The van der Waals surface area contributed by atoms with E-state index in [0.29, 0.717) is 22.8 Å². The summed E-state index contributed by atoms with van der Waals surface area (Å²) >= 11 is 5.83. The molecule has 0 aliphatic rings. The summed E-state index contributed by atoms with van der Waals surface area (Å²) in [5.74, 6) is 0.462. The number of nitrogens with one attached hydrogen (secondary N) is 1. The predicted octanol–water partition coefficient (Wildman–Crippen LogP) is 4.10. The molecular formula is C22H21ClN2O4S. The highest BCUT2D eigenvalue weighted by atomic mass is 35.5. The van der Waals surface area contributed by atoms with E-state index in [4.69, 9.17) is 16.3 Å². The molecule has 3 aromatic rings. The smallest absolute Gasteiger partial charge is 0.264 e. The zero-order valence-corrected chi connectivity index (χ0v) is 18.1. The number of amides is 1. The van der Waals surface area contributed by atoms with Crippen molar-refractivity contribution in [3.8, 4) is 5.75 Å². The Morgan fingerprint density at radius 1 is 1.03 bits per heavy atom. The van der Waals surface area contributed by atoms with Gasteiger partial charge in [-0.3, -0.25) is 9.10 Å². The number of carbonyl (C=O) groups excluding carboxylic acids is 1. The first kappa shape index (κ1) is 21.7. The molecule has 8 heteroatoms. The Kier molecular flexibility index (Phi) is 6.64. The van der Waals surface area contributed by atoms with E-state index in [2.05, 4.69) is 5.32 Å². The first-order valence-corrected chi connectivity index (χ1v) is 10.9. The molecule has 0 saturated heterocycles. The zero-order valence-electron chi connectivity index (χ0n) is 16.5. The number of nitrogens with zero attached hydrogens (tertiary/aromatic N) is 1. The molecule has 0 fully saturated rings. The van der Waals surface area contributed by atoms with Crippen LogP contribution in [0.3, 0.4) is 0 Å². The van der Waals surface area contributed by atoms with Gasteiger partial charge in [0.1, 0.15) is 5.75 Å². The van der Waals surface area contributed by atoms with E-state index < -0.39 is 10.0 Å². The molecule has 0 radical (unpaired) electrons. The summed E-state index contributed by atoms with van der Waals surface area (Å²) in [6.45, 7) is 0.350. The normalized spacial score (nSPS) is 11.0. The number of methoxy groups -OCH3 is 1. The minimum absolute atomic E-state index is 0.134. The quantitative estimate of drug-likeness (QED) is 0.595. The Morgan fingerprint density at radius 3 is 2.33 bits per heavy atom. The van der Waals surface area contributed by atoms with E-state index >= 15 is 0 Å². The van der Waals surface area contributed by atoms with Crippen molar-refractivity contribution in [2.75, 3.05) is 18.5 Å². The summed E-state index contributed by atoms with van der Waals surface area (Å²) < 4.78 is 31.9. The van der Waals surface area contributed by atoms with Gasteiger partial charge in [-0.15, -0.1) is 0 Å². The Balaban J connectivity index is 1.69. The molecule has 6 nitrogen and oxygen atoms in total. The summed E-state index contributed by atoms with van der Waals surface area (Å²) in [6.07, 6.45) is 0. The van der Waals surface area contributed by atoms with Crippen LogP contribution < -0.4 is 14.4 Å². The number of ether oxygens (including phenoxy) is 1. The van der Waals surface area contributed by atoms with Crippen LogP contribution in [0.5, 0.6) is 5.75 Å². The Labute approximate surface area is 181 Å². The maximum absolute atomic E-state index is 12.8. The number of anilines is 1. The van der Waals surface area contributed by atoms with E-state index in [1.807, 2.05) is 24.3 Å². The van der Waals surface area contributed by atoms with Gasteiger partial charge in [-0.05, 0) is 66.2 Å². The second-order valence-electron chi connectivity index (χ2n) is 6.51. The van der Waals surface area contributed by atoms with E-state index in [-0.39, 0.29) is 10.8 Å². The van der Waals surface area contributed by atoms with Crippen molar-refractivity contribution >= 4 is 33.2 Å². The molecule has 1 N–H and O–H groups in total. The minimum Gasteiger partial charge on any atom is -0.497 e. The second-order valence-corrected chi connectivity index (χ2v) is 8.91. The Morgan fingerprint density at radius 2 is 1.70 bits per heavy atom. The number of halogens is 1. The molecule has 3 aromatic carbocycles. The number of benzene rings is 3. The molecule has 3 rings (SSSR count). The van der Waals surface area contributed by atoms with Crippen LogP contribution in [0.4, 0.5) is 5.69 Å². The van der Waals surface area contributed by atoms with Gasteiger partial charge in [-0.2, -0.15) is 0 Å². The maximum atomic E-state index is 12.8. The van der Waals surface area contributed by atoms with Crippen molar-refractivity contribution in [3.05, 3.63) is 88.9 Å². The molecule has 0 saturated carbocycles. The average Bonchev–Trinajstić information content (AvgIpc) is 2.77. The van der Waals surface area contributed by atoms with Crippen molar-refractivity contribution in [1.29, 1.82) is 0 Å². The van der Waals surface area contributed by atoms with Gasteiger partial charge >= 0.3 is 0 Å². The van der Waals surface area contributed by atoms with Crippen molar-refractivity contribution in [3.63, 3.8) is 0 Å². The van der Waals surface area contributed by atoms with Gasteiger partial charge in [-0.1, -0.05) is 23.7 Å². The molecule has 0 aromatic heterocycles. The summed E-state index contributed by atoms with van der Waals surface area (Å²) in [6, 6.07) is 19.7. The second kappa shape index (κ2) is 9.19. The third-order valence-electron chi connectivity index (χ3n) is 4.55. The summed E-state index contributed by atoms with van der Waals surface area (Å²) in [5, 5.41) is 3.30. The van der Waals surface area contributed by atoms with E-state index in [9.17, 15) is 13.2 Å². The highest BCUT2D eigenvalue weighted by Crippen LogP contribution is 2.23. The number of sulfonamides is 1. The van der Waals surface area contributed by atoms with Gasteiger partial charge in [-0.25, -0.2) is 8.42 Å². The molecule has 0 atom stereocenters. The van der Waals surface area contributed by atoms with Gasteiger partial charge in [0.15, 0.2) is 0 Å². The lowest BCUT2D eigenvalue weighted by atomic mass is 10.1. The first-order valence-electron chi connectivity index (χ1n) is 9.07. The van der Waals surface area contributed by atoms with Crippen LogP contribution in [0.1, 0.15) is 15.9 Å². The fraction of sp³-hybridized carbons (Fsp3) is 0.136. The van der Waals surface area contributed by atoms with Crippen molar-refractivity contribution in [2.24, 2.45) is 0 Å². The standard InChI is InChI=1S/C22H21ClN2O4S/c1-25(30(27,28)21-12-8-18(23)9-13-21)19-10-6-17(7-11-19)22(26)24-15-16-4-3-5-20(14-16)29-2/h3-14H,15H2,1-2H3,(H,24,26). The fourth-order valence-corrected chi connectivity index (χ4v) is 4.11. The lowest BCUT2D eigenvalue weighted by molar-refractivity contribution is 0.0951. The molecule has 1 amide bonds. The molecule has 0 spiro atoms. The van der Waals surface area contributed by atoms with Crippen LogP contribution in [-0.4, -0.2) is 28.5 Å². The average molecular weight is 445 g/mol. The van der Waals surface area contributed by atoms with Crippen molar-refractivity contribution < 1.29 is 17.9 Å². The van der Waals surface area contributed by atoms with Crippen LogP contribution in [-0.2, 0) is 16.6 Å². The fourth-order valence-electron chi connectivity index (χ4n) is 2.79. The largest absolute Gasteiger partial charge is 0.497 e.